The van der Waals surface area contributed by atoms with Gasteiger partial charge in [-0.2, -0.15) is 0 Å². The number of hydrogen-bond donors (Lipinski definition) is 1. The number of nitrogens with one attached hydrogen (secondary N) is 1. The van der Waals surface area contributed by atoms with E-state index in [2.05, 4.69) is 10.2 Å². The van der Waals surface area contributed by atoms with Crippen molar-refractivity contribution in [2.24, 2.45) is 0 Å². The average Bonchev–Trinajstić information content (AvgIpc) is 3.20. The first-order chi connectivity index (χ1) is 14.4. The van der Waals surface area contributed by atoms with Gasteiger partial charge in [0.25, 0.3) is 23.6 Å². The number of carbonyl (C=O) groups is 6. The van der Waals surface area contributed by atoms with E-state index in [9.17, 15) is 28.8 Å². The second-order valence-corrected chi connectivity index (χ2v) is 8.34. The first-order valence-corrected chi connectivity index (χ1v) is 11.3. The van der Waals surface area contributed by atoms with Crippen molar-refractivity contribution in [2.75, 3.05) is 37.8 Å². The van der Waals surface area contributed by atoms with Gasteiger partial charge in [-0.1, -0.05) is 26.7 Å². The largest absolute Gasteiger partial charge is 0.533 e. The van der Waals surface area contributed by atoms with E-state index in [0.29, 0.717) is 16.6 Å². The van der Waals surface area contributed by atoms with E-state index in [-0.39, 0.29) is 39.1 Å². The summed E-state index contributed by atoms with van der Waals surface area (Å²) in [5.74, 6) is -1.11. The molecule has 2 heterocycles. The zero-order chi connectivity index (χ0) is 21.9. The van der Waals surface area contributed by atoms with Crippen LogP contribution < -0.4 is 5.32 Å². The summed E-state index contributed by atoms with van der Waals surface area (Å²) >= 11 is 0. The van der Waals surface area contributed by atoms with Crippen LogP contribution in [0, 0.1) is 0 Å². The van der Waals surface area contributed by atoms with Crippen molar-refractivity contribution in [2.45, 2.75) is 12.8 Å². The van der Waals surface area contributed by atoms with Crippen molar-refractivity contribution >= 4 is 57.5 Å². The van der Waals surface area contributed by atoms with Crippen LogP contribution in [0.1, 0.15) is 12.8 Å². The molecular formula is C16H19N3O9S2. The summed E-state index contributed by atoms with van der Waals surface area (Å²) in [5, 5.41) is 2.84. The molecule has 0 aliphatic carbocycles. The Morgan fingerprint density at radius 1 is 0.933 bits per heavy atom. The standard InChI is InChI=1S/C16H19N3O9S2/c20-11-1-2-12(21)18(11)6-5-17-15(24)26-7-9-29-30-10-8-27-16(25)28-19-13(22)3-4-14(19)23/h1-2H,3-10H2,(H,17,24). The minimum atomic E-state index is -1.13. The van der Waals surface area contributed by atoms with E-state index < -0.39 is 35.9 Å². The van der Waals surface area contributed by atoms with Gasteiger partial charge in [-0.15, -0.1) is 0 Å². The molecule has 0 saturated carbocycles. The molecule has 2 rings (SSSR count). The van der Waals surface area contributed by atoms with Gasteiger partial charge in [-0.25, -0.2) is 9.59 Å². The lowest BCUT2D eigenvalue weighted by Gasteiger charge is -2.14. The number of ether oxygens (including phenoxy) is 2. The second-order valence-electron chi connectivity index (χ2n) is 5.64. The van der Waals surface area contributed by atoms with Crippen LogP contribution in [0.25, 0.3) is 0 Å². The van der Waals surface area contributed by atoms with E-state index in [1.807, 2.05) is 0 Å². The molecule has 164 valence electrons. The molecule has 0 bridgehead atoms. The quantitative estimate of drug-likeness (QED) is 0.195. The molecule has 30 heavy (non-hydrogen) atoms. The maximum absolute atomic E-state index is 11.5. The topological polar surface area (TPSA) is 149 Å². The first kappa shape index (κ1) is 23.5. The molecule has 0 aromatic carbocycles. The predicted molar refractivity (Wildman–Crippen MR) is 104 cm³/mol. The summed E-state index contributed by atoms with van der Waals surface area (Å²) in [5.41, 5.74) is 0. The molecule has 0 radical (unpaired) electrons. The number of rotatable bonds is 11. The molecule has 0 aromatic heterocycles. The lowest BCUT2D eigenvalue weighted by Crippen LogP contribution is -2.38. The SMILES string of the molecule is O=C(NCCN1C(=O)C=CC1=O)OCCSSCCOC(=O)ON1C(=O)CCC1=O. The van der Waals surface area contributed by atoms with Gasteiger partial charge in [-0.3, -0.25) is 28.9 Å². The molecule has 2 aliphatic rings. The Kier molecular flexibility index (Phi) is 9.47. The highest BCUT2D eigenvalue weighted by molar-refractivity contribution is 8.76. The highest BCUT2D eigenvalue weighted by atomic mass is 33.1. The summed E-state index contributed by atoms with van der Waals surface area (Å²) in [4.78, 5) is 73.6. The van der Waals surface area contributed by atoms with Gasteiger partial charge in [0.1, 0.15) is 13.2 Å². The van der Waals surface area contributed by atoms with Gasteiger partial charge in [0.15, 0.2) is 0 Å². The third-order valence-corrected chi connectivity index (χ3v) is 5.88. The van der Waals surface area contributed by atoms with E-state index in [1.165, 1.54) is 33.7 Å². The number of carbonyl (C=O) groups excluding carboxylic acids is 6. The third-order valence-electron chi connectivity index (χ3n) is 3.55. The maximum atomic E-state index is 11.5. The Hall–Kier alpha value is -2.74. The highest BCUT2D eigenvalue weighted by Gasteiger charge is 2.33. The van der Waals surface area contributed by atoms with E-state index in [1.54, 1.807) is 0 Å². The van der Waals surface area contributed by atoms with Crippen molar-refractivity contribution in [3.63, 3.8) is 0 Å². The molecule has 0 unspecified atom stereocenters. The smallest absolute Gasteiger partial charge is 0.449 e. The third kappa shape index (κ3) is 7.59. The van der Waals surface area contributed by atoms with Crippen molar-refractivity contribution in [3.8, 4) is 0 Å². The number of hydrogen-bond acceptors (Lipinski definition) is 11. The van der Waals surface area contributed by atoms with Crippen molar-refractivity contribution in [3.05, 3.63) is 12.2 Å². The summed E-state index contributed by atoms with van der Waals surface area (Å²) in [6, 6.07) is 0. The summed E-state index contributed by atoms with van der Waals surface area (Å²) < 4.78 is 9.69. The molecule has 5 amide bonds. The fourth-order valence-corrected chi connectivity index (χ4v) is 3.83. The lowest BCUT2D eigenvalue weighted by atomic mass is 10.4. The first-order valence-electron chi connectivity index (χ1n) is 8.77. The Balaban J connectivity index is 1.41. The van der Waals surface area contributed by atoms with Gasteiger partial charge in [0.05, 0.1) is 0 Å². The van der Waals surface area contributed by atoms with Gasteiger partial charge < -0.3 is 14.8 Å². The second kappa shape index (κ2) is 12.1. The normalized spacial score (nSPS) is 15.7. The summed E-state index contributed by atoms with van der Waals surface area (Å²) in [7, 11) is 2.74. The summed E-state index contributed by atoms with van der Waals surface area (Å²) in [6.07, 6.45) is 0.557. The zero-order valence-corrected chi connectivity index (χ0v) is 17.3. The molecule has 0 aromatic rings. The van der Waals surface area contributed by atoms with Crippen molar-refractivity contribution < 1.29 is 43.1 Å². The number of amides is 5. The molecule has 2 aliphatic heterocycles. The van der Waals surface area contributed by atoms with E-state index in [4.69, 9.17) is 9.47 Å². The lowest BCUT2D eigenvalue weighted by molar-refractivity contribution is -0.176. The van der Waals surface area contributed by atoms with Crippen LogP contribution in [0.3, 0.4) is 0 Å². The Morgan fingerprint density at radius 2 is 1.50 bits per heavy atom. The van der Waals surface area contributed by atoms with Crippen LogP contribution >= 0.6 is 21.6 Å². The Morgan fingerprint density at radius 3 is 2.10 bits per heavy atom. The molecule has 0 spiro atoms. The van der Waals surface area contributed by atoms with E-state index in [0.717, 1.165) is 4.90 Å². The number of hydroxylamine groups is 2. The fraction of sp³-hybridized carbons (Fsp3) is 0.500. The highest BCUT2D eigenvalue weighted by Crippen LogP contribution is 2.20. The molecule has 14 heteroatoms. The van der Waals surface area contributed by atoms with Gasteiger partial charge >= 0.3 is 12.2 Å². The number of nitrogens with zero attached hydrogens (tertiary/aromatic N) is 2. The fourth-order valence-electron chi connectivity index (χ4n) is 2.18. The monoisotopic (exact) mass is 461 g/mol. The van der Waals surface area contributed by atoms with Crippen LogP contribution in [0.2, 0.25) is 0 Å². The predicted octanol–water partition coefficient (Wildman–Crippen LogP) is 0.236. The maximum Gasteiger partial charge on any atom is 0.533 e. The average molecular weight is 461 g/mol. The van der Waals surface area contributed by atoms with Crippen molar-refractivity contribution in [1.29, 1.82) is 0 Å². The Labute approximate surface area is 178 Å². The molecule has 0 atom stereocenters. The molecule has 1 saturated heterocycles. The van der Waals surface area contributed by atoms with Crippen LogP contribution in [0.15, 0.2) is 12.2 Å². The zero-order valence-electron chi connectivity index (χ0n) is 15.7. The van der Waals surface area contributed by atoms with Crippen molar-refractivity contribution in [1.82, 2.24) is 15.3 Å². The van der Waals surface area contributed by atoms with Crippen LogP contribution in [0.4, 0.5) is 9.59 Å². The minimum Gasteiger partial charge on any atom is -0.449 e. The van der Waals surface area contributed by atoms with E-state index >= 15 is 0 Å². The summed E-state index contributed by atoms with van der Waals surface area (Å²) in [6.45, 7) is 0.292. The number of alkyl carbamates (subject to hydrolysis) is 1. The Bertz CT molecular complexity index is 709. The van der Waals surface area contributed by atoms with Gasteiger partial charge in [-0.05, 0) is 0 Å². The number of imide groups is 2. The molecule has 1 N–H and O–H groups in total. The van der Waals surface area contributed by atoms with Crippen LogP contribution in [-0.4, -0.2) is 83.6 Å². The molecule has 12 nitrogen and oxygen atoms in total. The van der Waals surface area contributed by atoms with Crippen LogP contribution in [-0.2, 0) is 33.5 Å². The van der Waals surface area contributed by atoms with Crippen LogP contribution in [0.5, 0.6) is 0 Å². The molecular weight excluding hydrogens is 442 g/mol. The minimum absolute atomic E-state index is 0.00791. The van der Waals surface area contributed by atoms with Gasteiger partial charge in [0, 0.05) is 49.6 Å². The van der Waals surface area contributed by atoms with Gasteiger partial charge in [0.2, 0.25) is 0 Å². The molecule has 1 fully saturated rings.